The number of halogens is 1. The zero-order chi connectivity index (χ0) is 9.84. The third-order valence-corrected chi connectivity index (χ3v) is 2.20. The van der Waals surface area contributed by atoms with E-state index in [0.717, 1.165) is 3.57 Å². The van der Waals surface area contributed by atoms with Crippen LogP contribution >= 0.6 is 22.6 Å². The number of phenols is 1. The standard InChI is InChI=1S/C8H6IO3Si/c9-5-1-2-7(10)6(3-5)8(11)12-4-13/h1-3,10H,4H2. The van der Waals surface area contributed by atoms with Gasteiger partial charge in [-0.2, -0.15) is 0 Å². The van der Waals surface area contributed by atoms with E-state index in [-0.39, 0.29) is 17.5 Å². The van der Waals surface area contributed by atoms with Crippen LogP contribution in [0.15, 0.2) is 18.2 Å². The average molecular weight is 305 g/mol. The van der Waals surface area contributed by atoms with Gasteiger partial charge in [0.2, 0.25) is 0 Å². The van der Waals surface area contributed by atoms with Crippen molar-refractivity contribution in [3.05, 3.63) is 27.3 Å². The van der Waals surface area contributed by atoms with Crippen molar-refractivity contribution < 1.29 is 14.6 Å². The molecule has 13 heavy (non-hydrogen) atoms. The normalized spacial score (nSPS) is 9.69. The molecule has 0 amide bonds. The number of carbonyl (C=O) groups is 1. The van der Waals surface area contributed by atoms with Gasteiger partial charge in [-0.15, -0.1) is 0 Å². The molecule has 1 aromatic rings. The Morgan fingerprint density at radius 2 is 2.31 bits per heavy atom. The summed E-state index contributed by atoms with van der Waals surface area (Å²) in [5.41, 5.74) is 0.185. The van der Waals surface area contributed by atoms with Crippen molar-refractivity contribution >= 4 is 38.8 Å². The molecule has 0 saturated carbocycles. The van der Waals surface area contributed by atoms with Gasteiger partial charge in [0.25, 0.3) is 0 Å². The second-order valence-electron chi connectivity index (χ2n) is 2.24. The van der Waals surface area contributed by atoms with Crippen LogP contribution in [0.2, 0.25) is 0 Å². The van der Waals surface area contributed by atoms with Crippen LogP contribution < -0.4 is 0 Å². The maximum atomic E-state index is 11.2. The largest absolute Gasteiger partial charge is 0.507 e. The van der Waals surface area contributed by atoms with E-state index < -0.39 is 5.97 Å². The highest BCUT2D eigenvalue weighted by molar-refractivity contribution is 14.1. The quantitative estimate of drug-likeness (QED) is 0.509. The number of hydrogen-bond donors (Lipinski definition) is 1. The summed E-state index contributed by atoms with van der Waals surface area (Å²) in [6.45, 7) is 0. The Morgan fingerprint density at radius 3 is 2.92 bits per heavy atom. The number of hydrogen-bond acceptors (Lipinski definition) is 3. The predicted molar refractivity (Wildman–Crippen MR) is 56.9 cm³/mol. The fourth-order valence-corrected chi connectivity index (χ4v) is 1.44. The number of esters is 1. The minimum absolute atomic E-state index is 0.0643. The van der Waals surface area contributed by atoms with Gasteiger partial charge in [0.05, 0.1) is 16.5 Å². The molecule has 1 rings (SSSR count). The predicted octanol–water partition coefficient (Wildman–Crippen LogP) is 1.28. The Labute approximate surface area is 92.7 Å². The lowest BCUT2D eigenvalue weighted by molar-refractivity contribution is 0.0570. The van der Waals surface area contributed by atoms with Gasteiger partial charge in [-0.25, -0.2) is 4.79 Å². The molecule has 0 saturated heterocycles. The van der Waals surface area contributed by atoms with Crippen molar-refractivity contribution in [2.75, 3.05) is 6.23 Å². The summed E-state index contributed by atoms with van der Waals surface area (Å²) in [4.78, 5) is 11.2. The van der Waals surface area contributed by atoms with E-state index in [1.807, 2.05) is 0 Å². The fourth-order valence-electron chi connectivity index (χ4n) is 0.815. The van der Waals surface area contributed by atoms with Gasteiger partial charge in [-0.1, -0.05) is 0 Å². The molecule has 0 aromatic heterocycles. The molecule has 0 bridgehead atoms. The van der Waals surface area contributed by atoms with Crippen molar-refractivity contribution in [3.63, 3.8) is 0 Å². The Hall–Kier alpha value is -0.563. The van der Waals surface area contributed by atoms with Crippen LogP contribution in [0.4, 0.5) is 0 Å². The van der Waals surface area contributed by atoms with E-state index in [1.54, 1.807) is 12.1 Å². The number of aromatic hydroxyl groups is 1. The van der Waals surface area contributed by atoms with Gasteiger partial charge >= 0.3 is 5.97 Å². The molecule has 3 nitrogen and oxygen atoms in total. The first-order chi connectivity index (χ1) is 6.15. The second kappa shape index (κ2) is 4.61. The average Bonchev–Trinajstić information content (AvgIpc) is 2.09. The fraction of sp³-hybridized carbons (Fsp3) is 0.125. The molecule has 1 aromatic carbocycles. The van der Waals surface area contributed by atoms with E-state index in [2.05, 4.69) is 37.6 Å². The van der Waals surface area contributed by atoms with Crippen molar-refractivity contribution in [2.24, 2.45) is 0 Å². The van der Waals surface area contributed by atoms with E-state index in [1.165, 1.54) is 6.07 Å². The van der Waals surface area contributed by atoms with Crippen molar-refractivity contribution in [1.29, 1.82) is 0 Å². The van der Waals surface area contributed by atoms with Crippen molar-refractivity contribution in [2.45, 2.75) is 0 Å². The minimum Gasteiger partial charge on any atom is -0.507 e. The van der Waals surface area contributed by atoms with E-state index in [9.17, 15) is 9.90 Å². The van der Waals surface area contributed by atoms with Crippen molar-refractivity contribution in [1.82, 2.24) is 0 Å². The molecule has 0 aliphatic carbocycles. The molecule has 0 aliphatic heterocycles. The van der Waals surface area contributed by atoms with Gasteiger partial charge < -0.3 is 9.84 Å². The molecule has 67 valence electrons. The molecule has 1 N–H and O–H groups in total. The maximum Gasteiger partial charge on any atom is 0.341 e. The van der Waals surface area contributed by atoms with Crippen LogP contribution in [-0.4, -0.2) is 27.5 Å². The minimum atomic E-state index is -0.536. The van der Waals surface area contributed by atoms with Gasteiger partial charge in [-0.05, 0) is 40.8 Å². The zero-order valence-corrected chi connectivity index (χ0v) is 9.74. The van der Waals surface area contributed by atoms with Crippen LogP contribution in [-0.2, 0) is 4.74 Å². The Bertz CT molecular complexity index is 327. The first-order valence-corrected chi connectivity index (χ1v) is 5.24. The Morgan fingerprint density at radius 1 is 1.62 bits per heavy atom. The first kappa shape index (κ1) is 10.5. The number of phenolic OH excluding ortho intramolecular Hbond substituents is 1. The number of rotatable bonds is 2. The summed E-state index contributed by atoms with van der Waals surface area (Å²) in [6, 6.07) is 4.74. The number of ether oxygens (including phenoxy) is 1. The summed E-state index contributed by atoms with van der Waals surface area (Å²) < 4.78 is 5.55. The van der Waals surface area contributed by atoms with Gasteiger partial charge in [0.1, 0.15) is 11.3 Å². The van der Waals surface area contributed by atoms with E-state index in [4.69, 9.17) is 0 Å². The highest BCUT2D eigenvalue weighted by atomic mass is 127. The highest BCUT2D eigenvalue weighted by Crippen LogP contribution is 2.20. The van der Waals surface area contributed by atoms with E-state index in [0.29, 0.717) is 0 Å². The smallest absolute Gasteiger partial charge is 0.341 e. The third kappa shape index (κ3) is 2.70. The highest BCUT2D eigenvalue weighted by Gasteiger charge is 2.11. The van der Waals surface area contributed by atoms with Crippen LogP contribution in [0, 0.1) is 3.57 Å². The molecule has 5 heteroatoms. The summed E-state index contributed by atoms with van der Waals surface area (Å²) in [7, 11) is 3.01. The summed E-state index contributed by atoms with van der Waals surface area (Å²) in [5, 5.41) is 9.31. The Kier molecular flexibility index (Phi) is 3.73. The van der Waals surface area contributed by atoms with E-state index >= 15 is 0 Å². The Balaban J connectivity index is 2.99. The lowest BCUT2D eigenvalue weighted by Gasteiger charge is -2.03. The van der Waals surface area contributed by atoms with Crippen LogP contribution in [0.3, 0.4) is 0 Å². The lowest BCUT2D eigenvalue weighted by atomic mass is 10.2. The van der Waals surface area contributed by atoms with Crippen LogP contribution in [0.5, 0.6) is 5.75 Å². The molecule has 0 unspecified atom stereocenters. The molecule has 0 spiro atoms. The van der Waals surface area contributed by atoms with Crippen LogP contribution in [0.1, 0.15) is 10.4 Å². The molecular formula is C8H6IO3Si. The van der Waals surface area contributed by atoms with Gasteiger partial charge in [0, 0.05) is 3.57 Å². The molecule has 0 atom stereocenters. The van der Waals surface area contributed by atoms with Crippen molar-refractivity contribution in [3.8, 4) is 5.75 Å². The second-order valence-corrected chi connectivity index (χ2v) is 3.77. The molecule has 3 radical (unpaired) electrons. The topological polar surface area (TPSA) is 46.5 Å². The SMILES string of the molecule is O=C(OC[Si])c1cc(I)ccc1O. The van der Waals surface area contributed by atoms with Gasteiger partial charge in [0.15, 0.2) is 0 Å². The van der Waals surface area contributed by atoms with Crippen LogP contribution in [0.25, 0.3) is 0 Å². The maximum absolute atomic E-state index is 11.2. The number of benzene rings is 1. The summed E-state index contributed by atoms with van der Waals surface area (Å²) in [6.07, 6.45) is 0.115. The molecule has 0 heterocycles. The first-order valence-electron chi connectivity index (χ1n) is 3.45. The molecular weight excluding hydrogens is 299 g/mol. The zero-order valence-electron chi connectivity index (χ0n) is 6.58. The lowest BCUT2D eigenvalue weighted by Crippen LogP contribution is -2.06. The monoisotopic (exact) mass is 305 g/mol. The molecule has 0 aliphatic rings. The number of carbonyl (C=O) groups excluding carboxylic acids is 1. The summed E-state index contributed by atoms with van der Waals surface area (Å²) in [5.74, 6) is -0.600. The molecule has 0 fully saturated rings. The third-order valence-electron chi connectivity index (χ3n) is 1.38. The summed E-state index contributed by atoms with van der Waals surface area (Å²) >= 11 is 2.05. The van der Waals surface area contributed by atoms with Gasteiger partial charge in [-0.3, -0.25) is 0 Å².